The molecular formula is C12H17ClO. The highest BCUT2D eigenvalue weighted by Crippen LogP contribution is 2.26. The largest absolute Gasteiger partial charge is 0.494 e. The van der Waals surface area contributed by atoms with Gasteiger partial charge in [-0.25, -0.2) is 0 Å². The van der Waals surface area contributed by atoms with Gasteiger partial charge in [0.05, 0.1) is 12.0 Å². The van der Waals surface area contributed by atoms with Crippen LogP contribution in [0, 0.1) is 0 Å². The zero-order chi connectivity index (χ0) is 10.4. The van der Waals surface area contributed by atoms with Crippen LogP contribution in [0.5, 0.6) is 5.75 Å². The maximum absolute atomic E-state index is 6.19. The molecule has 1 atom stereocenters. The molecule has 0 aliphatic rings. The summed E-state index contributed by atoms with van der Waals surface area (Å²) < 4.78 is 5.36. The summed E-state index contributed by atoms with van der Waals surface area (Å²) in [6, 6.07) is 8.03. The zero-order valence-corrected chi connectivity index (χ0v) is 9.55. The van der Waals surface area contributed by atoms with Gasteiger partial charge in [-0.15, -0.1) is 11.6 Å². The highest BCUT2D eigenvalue weighted by molar-refractivity contribution is 6.20. The Labute approximate surface area is 91.0 Å². The Bertz CT molecular complexity index is 256. The quantitative estimate of drug-likeness (QED) is 0.666. The minimum Gasteiger partial charge on any atom is -0.494 e. The van der Waals surface area contributed by atoms with E-state index in [0.717, 1.165) is 18.6 Å². The number of halogens is 1. The van der Waals surface area contributed by atoms with Crippen molar-refractivity contribution in [3.8, 4) is 5.75 Å². The van der Waals surface area contributed by atoms with Crippen LogP contribution >= 0.6 is 11.6 Å². The van der Waals surface area contributed by atoms with Crippen LogP contribution in [-0.4, -0.2) is 6.61 Å². The highest BCUT2D eigenvalue weighted by atomic mass is 35.5. The Morgan fingerprint density at radius 1 is 1.21 bits per heavy atom. The molecule has 0 aliphatic carbocycles. The van der Waals surface area contributed by atoms with E-state index in [4.69, 9.17) is 16.3 Å². The van der Waals surface area contributed by atoms with Crippen LogP contribution in [0.25, 0.3) is 0 Å². The van der Waals surface area contributed by atoms with Gasteiger partial charge in [-0.1, -0.05) is 25.5 Å². The number of benzene rings is 1. The lowest BCUT2D eigenvalue weighted by molar-refractivity contribution is 0.340. The van der Waals surface area contributed by atoms with E-state index in [1.807, 2.05) is 31.2 Å². The van der Waals surface area contributed by atoms with E-state index in [-0.39, 0.29) is 5.38 Å². The molecule has 0 saturated carbocycles. The lowest BCUT2D eigenvalue weighted by atomic mass is 10.1. The number of hydrogen-bond acceptors (Lipinski definition) is 1. The summed E-state index contributed by atoms with van der Waals surface area (Å²) in [5.74, 6) is 0.914. The van der Waals surface area contributed by atoms with Gasteiger partial charge in [-0.3, -0.25) is 0 Å². The van der Waals surface area contributed by atoms with Crippen LogP contribution in [0.2, 0.25) is 0 Å². The van der Waals surface area contributed by atoms with Gasteiger partial charge in [0.2, 0.25) is 0 Å². The molecule has 0 bridgehead atoms. The molecule has 0 saturated heterocycles. The van der Waals surface area contributed by atoms with Gasteiger partial charge in [0.25, 0.3) is 0 Å². The molecule has 1 aromatic rings. The second kappa shape index (κ2) is 5.92. The molecule has 0 spiro atoms. The smallest absolute Gasteiger partial charge is 0.119 e. The molecule has 1 unspecified atom stereocenters. The van der Waals surface area contributed by atoms with Crippen molar-refractivity contribution in [1.82, 2.24) is 0 Å². The van der Waals surface area contributed by atoms with E-state index in [2.05, 4.69) is 6.92 Å². The van der Waals surface area contributed by atoms with Gasteiger partial charge in [0.15, 0.2) is 0 Å². The van der Waals surface area contributed by atoms with E-state index < -0.39 is 0 Å². The van der Waals surface area contributed by atoms with Crippen LogP contribution in [0.15, 0.2) is 24.3 Å². The Balaban J connectivity index is 2.62. The molecular weight excluding hydrogens is 196 g/mol. The summed E-state index contributed by atoms with van der Waals surface area (Å²) in [5.41, 5.74) is 1.18. The molecule has 0 N–H and O–H groups in total. The number of ether oxygens (including phenoxy) is 1. The molecule has 0 aliphatic heterocycles. The molecule has 0 fully saturated rings. The number of alkyl halides is 1. The monoisotopic (exact) mass is 212 g/mol. The molecule has 1 nitrogen and oxygen atoms in total. The van der Waals surface area contributed by atoms with Gasteiger partial charge >= 0.3 is 0 Å². The minimum atomic E-state index is 0.135. The summed E-state index contributed by atoms with van der Waals surface area (Å²) in [7, 11) is 0. The third-order valence-electron chi connectivity index (χ3n) is 2.09. The van der Waals surface area contributed by atoms with Crippen molar-refractivity contribution in [3.05, 3.63) is 29.8 Å². The average Bonchev–Trinajstić information content (AvgIpc) is 2.20. The fraction of sp³-hybridized carbons (Fsp3) is 0.500. The second-order valence-electron chi connectivity index (χ2n) is 3.26. The first kappa shape index (κ1) is 11.4. The van der Waals surface area contributed by atoms with Crippen molar-refractivity contribution < 1.29 is 4.74 Å². The van der Waals surface area contributed by atoms with Crippen molar-refractivity contribution >= 4 is 11.6 Å². The van der Waals surface area contributed by atoms with Crippen molar-refractivity contribution in [1.29, 1.82) is 0 Å². The van der Waals surface area contributed by atoms with Gasteiger partial charge < -0.3 is 4.74 Å². The lowest BCUT2D eigenvalue weighted by Gasteiger charge is -2.09. The molecule has 78 valence electrons. The van der Waals surface area contributed by atoms with Crippen molar-refractivity contribution in [3.63, 3.8) is 0 Å². The summed E-state index contributed by atoms with van der Waals surface area (Å²) in [4.78, 5) is 0. The van der Waals surface area contributed by atoms with E-state index in [1.54, 1.807) is 0 Å². The van der Waals surface area contributed by atoms with Crippen LogP contribution in [0.4, 0.5) is 0 Å². The molecule has 0 heterocycles. The Morgan fingerprint density at radius 2 is 1.86 bits per heavy atom. The predicted octanol–water partition coefficient (Wildman–Crippen LogP) is 4.17. The average molecular weight is 213 g/mol. The first-order chi connectivity index (χ1) is 6.77. The zero-order valence-electron chi connectivity index (χ0n) is 8.79. The van der Waals surface area contributed by atoms with E-state index >= 15 is 0 Å². The Morgan fingerprint density at radius 3 is 2.36 bits per heavy atom. The van der Waals surface area contributed by atoms with Crippen LogP contribution < -0.4 is 4.74 Å². The molecule has 14 heavy (non-hydrogen) atoms. The van der Waals surface area contributed by atoms with E-state index in [9.17, 15) is 0 Å². The molecule has 0 amide bonds. The maximum Gasteiger partial charge on any atom is 0.119 e. The summed E-state index contributed by atoms with van der Waals surface area (Å²) in [5, 5.41) is 0.135. The SMILES string of the molecule is CCCC(Cl)c1ccc(OCC)cc1. The topological polar surface area (TPSA) is 9.23 Å². The Hall–Kier alpha value is -0.690. The molecule has 0 aromatic heterocycles. The van der Waals surface area contributed by atoms with E-state index in [0.29, 0.717) is 6.61 Å². The fourth-order valence-electron chi connectivity index (χ4n) is 1.36. The first-order valence-electron chi connectivity index (χ1n) is 5.14. The lowest BCUT2D eigenvalue weighted by Crippen LogP contribution is -1.93. The summed E-state index contributed by atoms with van der Waals surface area (Å²) >= 11 is 6.19. The maximum atomic E-state index is 6.19. The molecule has 2 heteroatoms. The van der Waals surface area contributed by atoms with Crippen molar-refractivity contribution in [2.45, 2.75) is 32.1 Å². The fourth-order valence-corrected chi connectivity index (χ4v) is 1.72. The van der Waals surface area contributed by atoms with Crippen LogP contribution in [0.1, 0.15) is 37.6 Å². The Kier molecular flexibility index (Phi) is 4.81. The predicted molar refractivity (Wildman–Crippen MR) is 61.1 cm³/mol. The van der Waals surface area contributed by atoms with Gasteiger partial charge in [-0.2, -0.15) is 0 Å². The van der Waals surface area contributed by atoms with Crippen molar-refractivity contribution in [2.24, 2.45) is 0 Å². The highest BCUT2D eigenvalue weighted by Gasteiger charge is 2.05. The molecule has 1 rings (SSSR count). The summed E-state index contributed by atoms with van der Waals surface area (Å²) in [6.07, 6.45) is 2.14. The summed E-state index contributed by atoms with van der Waals surface area (Å²) in [6.45, 7) is 4.83. The number of rotatable bonds is 5. The van der Waals surface area contributed by atoms with E-state index in [1.165, 1.54) is 5.56 Å². The normalized spacial score (nSPS) is 12.5. The third-order valence-corrected chi connectivity index (χ3v) is 2.57. The molecule has 0 radical (unpaired) electrons. The van der Waals surface area contributed by atoms with Crippen LogP contribution in [-0.2, 0) is 0 Å². The number of hydrogen-bond donors (Lipinski definition) is 0. The first-order valence-corrected chi connectivity index (χ1v) is 5.58. The third kappa shape index (κ3) is 3.22. The van der Waals surface area contributed by atoms with Gasteiger partial charge in [0.1, 0.15) is 5.75 Å². The van der Waals surface area contributed by atoms with Gasteiger partial charge in [-0.05, 0) is 31.0 Å². The second-order valence-corrected chi connectivity index (χ2v) is 3.79. The van der Waals surface area contributed by atoms with Crippen LogP contribution in [0.3, 0.4) is 0 Å². The minimum absolute atomic E-state index is 0.135. The molecule has 1 aromatic carbocycles. The van der Waals surface area contributed by atoms with Gasteiger partial charge in [0, 0.05) is 0 Å². The standard InChI is InChI=1S/C12H17ClO/c1-3-5-12(13)10-6-8-11(9-7-10)14-4-2/h6-9,12H,3-5H2,1-2H3. The van der Waals surface area contributed by atoms with Crippen molar-refractivity contribution in [2.75, 3.05) is 6.61 Å².